The molecule has 2 rings (SSSR count). The van der Waals surface area contributed by atoms with Crippen LogP contribution in [0.5, 0.6) is 5.75 Å². The molecule has 0 unspecified atom stereocenters. The minimum absolute atomic E-state index is 0.260. The highest BCUT2D eigenvalue weighted by Crippen LogP contribution is 2.29. The Morgan fingerprint density at radius 3 is 2.72 bits per heavy atom. The number of aryl methyl sites for hydroxylation is 1. The van der Waals surface area contributed by atoms with Crippen LogP contribution in [0.2, 0.25) is 0 Å². The van der Waals surface area contributed by atoms with Crippen LogP contribution in [0, 0.1) is 17.0 Å². The number of rotatable bonds is 3. The van der Waals surface area contributed by atoms with E-state index in [0.29, 0.717) is 5.56 Å². The van der Waals surface area contributed by atoms with E-state index in [1.54, 1.807) is 13.0 Å². The molecule has 0 saturated carbocycles. The van der Waals surface area contributed by atoms with Crippen LogP contribution in [0.1, 0.15) is 11.1 Å². The van der Waals surface area contributed by atoms with Crippen molar-refractivity contribution in [2.45, 2.75) is 6.92 Å². The summed E-state index contributed by atoms with van der Waals surface area (Å²) < 4.78 is 1.31. The van der Waals surface area contributed by atoms with E-state index in [1.807, 2.05) is 0 Å². The van der Waals surface area contributed by atoms with Crippen LogP contribution in [0.25, 0.3) is 0 Å². The molecular formula is C10H9N5O3. The van der Waals surface area contributed by atoms with Crippen LogP contribution in [-0.2, 0) is 0 Å². The molecule has 18 heavy (non-hydrogen) atoms. The molecule has 0 aliphatic heterocycles. The number of phenolic OH excluding ortho intramolecular Hbond substituents is 1. The minimum Gasteiger partial charge on any atom is -0.502 e. The Morgan fingerprint density at radius 2 is 2.11 bits per heavy atom. The Bertz CT molecular complexity index is 606. The molecule has 0 saturated heterocycles. The van der Waals surface area contributed by atoms with Gasteiger partial charge in [0.15, 0.2) is 0 Å². The summed E-state index contributed by atoms with van der Waals surface area (Å²) >= 11 is 0. The highest BCUT2D eigenvalue weighted by Gasteiger charge is 2.16. The molecule has 0 atom stereocenters. The summed E-state index contributed by atoms with van der Waals surface area (Å²) in [5.41, 5.74) is 0.570. The summed E-state index contributed by atoms with van der Waals surface area (Å²) in [5.74, 6) is -0.414. The maximum atomic E-state index is 10.7. The second-order valence-electron chi connectivity index (χ2n) is 3.57. The second-order valence-corrected chi connectivity index (χ2v) is 3.57. The SMILES string of the molecule is Cc1cc(/C=N\n2cnnc2)c(O)c([N+](=O)[O-])c1. The van der Waals surface area contributed by atoms with Gasteiger partial charge < -0.3 is 5.11 Å². The average molecular weight is 247 g/mol. The molecule has 0 aliphatic rings. The van der Waals surface area contributed by atoms with Crippen LogP contribution in [-0.4, -0.2) is 31.1 Å². The van der Waals surface area contributed by atoms with Crippen LogP contribution < -0.4 is 0 Å². The van der Waals surface area contributed by atoms with E-state index in [1.165, 1.54) is 29.6 Å². The first kappa shape index (κ1) is 11.7. The van der Waals surface area contributed by atoms with Crippen LogP contribution in [0.4, 0.5) is 5.69 Å². The number of aromatic nitrogens is 3. The fraction of sp³-hybridized carbons (Fsp3) is 0.100. The fourth-order valence-corrected chi connectivity index (χ4v) is 1.41. The van der Waals surface area contributed by atoms with Gasteiger partial charge in [-0.2, -0.15) is 5.10 Å². The van der Waals surface area contributed by atoms with Gasteiger partial charge >= 0.3 is 5.69 Å². The summed E-state index contributed by atoms with van der Waals surface area (Å²) in [4.78, 5) is 10.1. The van der Waals surface area contributed by atoms with Crippen molar-refractivity contribution in [2.24, 2.45) is 5.10 Å². The average Bonchev–Trinajstić information content (AvgIpc) is 2.82. The van der Waals surface area contributed by atoms with Crippen molar-refractivity contribution < 1.29 is 10.0 Å². The highest BCUT2D eigenvalue weighted by atomic mass is 16.6. The Balaban J connectivity index is 2.42. The molecule has 1 aromatic heterocycles. The summed E-state index contributed by atoms with van der Waals surface area (Å²) in [7, 11) is 0. The number of aromatic hydroxyl groups is 1. The van der Waals surface area contributed by atoms with E-state index in [9.17, 15) is 15.2 Å². The van der Waals surface area contributed by atoms with Gasteiger partial charge in [-0.1, -0.05) is 0 Å². The Morgan fingerprint density at radius 1 is 1.44 bits per heavy atom. The molecule has 0 amide bonds. The molecule has 8 heteroatoms. The molecule has 1 aromatic carbocycles. The van der Waals surface area contributed by atoms with E-state index in [4.69, 9.17) is 0 Å². The summed E-state index contributed by atoms with van der Waals surface area (Å²) in [5, 5.41) is 31.5. The maximum Gasteiger partial charge on any atom is 0.311 e. The van der Waals surface area contributed by atoms with Gasteiger partial charge in [-0.15, -0.1) is 10.2 Å². The Kier molecular flexibility index (Phi) is 3.00. The zero-order chi connectivity index (χ0) is 13.1. The molecular weight excluding hydrogens is 238 g/mol. The van der Waals surface area contributed by atoms with Gasteiger partial charge in [0.1, 0.15) is 12.7 Å². The molecule has 0 radical (unpaired) electrons. The van der Waals surface area contributed by atoms with Crippen molar-refractivity contribution in [2.75, 3.05) is 0 Å². The zero-order valence-corrected chi connectivity index (χ0v) is 9.39. The molecule has 1 heterocycles. The van der Waals surface area contributed by atoms with Crippen molar-refractivity contribution in [1.29, 1.82) is 0 Å². The third-order valence-corrected chi connectivity index (χ3v) is 2.20. The van der Waals surface area contributed by atoms with Crippen molar-refractivity contribution in [3.63, 3.8) is 0 Å². The van der Waals surface area contributed by atoms with Gasteiger partial charge in [-0.3, -0.25) is 10.1 Å². The number of nitro benzene ring substituents is 1. The second kappa shape index (κ2) is 4.62. The fourth-order valence-electron chi connectivity index (χ4n) is 1.41. The number of nitro groups is 1. The lowest BCUT2D eigenvalue weighted by molar-refractivity contribution is -0.385. The third-order valence-electron chi connectivity index (χ3n) is 2.20. The number of hydrogen-bond donors (Lipinski definition) is 1. The van der Waals surface area contributed by atoms with Crippen molar-refractivity contribution in [3.05, 3.63) is 46.0 Å². The van der Waals surface area contributed by atoms with E-state index < -0.39 is 10.7 Å². The van der Waals surface area contributed by atoms with Crippen LogP contribution in [0.15, 0.2) is 29.9 Å². The van der Waals surface area contributed by atoms with E-state index in [2.05, 4.69) is 15.3 Å². The molecule has 8 nitrogen and oxygen atoms in total. The smallest absolute Gasteiger partial charge is 0.311 e. The van der Waals surface area contributed by atoms with E-state index in [-0.39, 0.29) is 11.3 Å². The standard InChI is InChI=1S/C10H9N5O3/c1-7-2-8(4-13-14-5-11-12-6-14)10(16)9(3-7)15(17)18/h2-6,16H,1H3/b13-4-. The summed E-state index contributed by atoms with van der Waals surface area (Å²) in [6.45, 7) is 1.70. The number of benzene rings is 1. The largest absolute Gasteiger partial charge is 0.502 e. The molecule has 0 aliphatic carbocycles. The quantitative estimate of drug-likeness (QED) is 0.496. The zero-order valence-electron chi connectivity index (χ0n) is 9.39. The van der Waals surface area contributed by atoms with E-state index in [0.717, 1.165) is 0 Å². The van der Waals surface area contributed by atoms with Gasteiger partial charge in [0, 0.05) is 11.6 Å². The van der Waals surface area contributed by atoms with Gasteiger partial charge in [0.2, 0.25) is 5.75 Å². The molecule has 0 bridgehead atoms. The molecule has 2 aromatic rings. The number of hydrogen-bond acceptors (Lipinski definition) is 6. The van der Waals surface area contributed by atoms with Crippen molar-refractivity contribution in [1.82, 2.24) is 14.9 Å². The predicted molar refractivity (Wildman–Crippen MR) is 62.5 cm³/mol. The third kappa shape index (κ3) is 2.32. The highest BCUT2D eigenvalue weighted by molar-refractivity contribution is 5.86. The molecule has 92 valence electrons. The Labute approximate surface area is 101 Å². The van der Waals surface area contributed by atoms with Gasteiger partial charge in [0.05, 0.1) is 11.1 Å². The predicted octanol–water partition coefficient (Wildman–Crippen LogP) is 1.08. The van der Waals surface area contributed by atoms with Gasteiger partial charge in [0.25, 0.3) is 0 Å². The van der Waals surface area contributed by atoms with Crippen molar-refractivity contribution in [3.8, 4) is 5.75 Å². The lowest BCUT2D eigenvalue weighted by atomic mass is 10.1. The topological polar surface area (TPSA) is 106 Å². The summed E-state index contributed by atoms with van der Waals surface area (Å²) in [6, 6.07) is 2.89. The first-order chi connectivity index (χ1) is 8.58. The Hall–Kier alpha value is -2.77. The minimum atomic E-state index is -0.640. The van der Waals surface area contributed by atoms with Crippen LogP contribution in [0.3, 0.4) is 0 Å². The molecule has 1 N–H and O–H groups in total. The molecule has 0 spiro atoms. The van der Waals surface area contributed by atoms with E-state index >= 15 is 0 Å². The normalized spacial score (nSPS) is 10.9. The lowest BCUT2D eigenvalue weighted by Gasteiger charge is -2.02. The molecule has 0 fully saturated rings. The summed E-state index contributed by atoms with van der Waals surface area (Å²) in [6.07, 6.45) is 4.02. The number of phenols is 1. The first-order valence-electron chi connectivity index (χ1n) is 4.95. The lowest BCUT2D eigenvalue weighted by Crippen LogP contribution is -1.95. The van der Waals surface area contributed by atoms with Gasteiger partial charge in [-0.25, -0.2) is 4.68 Å². The maximum absolute atomic E-state index is 10.7. The number of nitrogens with zero attached hydrogens (tertiary/aromatic N) is 5. The van der Waals surface area contributed by atoms with Crippen LogP contribution >= 0.6 is 0 Å². The van der Waals surface area contributed by atoms with Crippen molar-refractivity contribution >= 4 is 11.9 Å². The monoisotopic (exact) mass is 247 g/mol. The first-order valence-corrected chi connectivity index (χ1v) is 4.95. The van der Waals surface area contributed by atoms with Gasteiger partial charge in [-0.05, 0) is 18.6 Å².